The van der Waals surface area contributed by atoms with Crippen LogP contribution in [-0.4, -0.2) is 27.9 Å². The molecule has 1 aliphatic rings. The fraction of sp³-hybridized carbons (Fsp3) is 0.391. The Morgan fingerprint density at radius 3 is 2.61 bits per heavy atom. The molecule has 4 rings (SSSR count). The standard InChI is InChI=1S/C23H29N5/c1-3-7-19(8-4-1)16-26-21-11-12-23(25-13-14-28-18-24-17-27-28)22(15-21)20-9-5-2-6-10-20/h2,5-6,9-12,15,17-19,25-26H,1,3-4,7-8,13-14,16H2. The Morgan fingerprint density at radius 1 is 0.964 bits per heavy atom. The van der Waals surface area contributed by atoms with Crippen molar-refractivity contribution in [1.29, 1.82) is 0 Å². The third-order valence-electron chi connectivity index (χ3n) is 5.55. The Balaban J connectivity index is 1.46. The van der Waals surface area contributed by atoms with Crippen LogP contribution in [0.1, 0.15) is 32.1 Å². The maximum atomic E-state index is 4.17. The molecule has 1 heterocycles. The van der Waals surface area contributed by atoms with Crippen molar-refractivity contribution in [2.45, 2.75) is 38.6 Å². The number of rotatable bonds is 8. The lowest BCUT2D eigenvalue weighted by Crippen LogP contribution is -2.17. The summed E-state index contributed by atoms with van der Waals surface area (Å²) in [4.78, 5) is 4.00. The molecule has 1 aliphatic carbocycles. The SMILES string of the molecule is c1ccc(-c2cc(NCC3CCCCC3)ccc2NCCn2cncn2)cc1. The van der Waals surface area contributed by atoms with Crippen molar-refractivity contribution in [3.63, 3.8) is 0 Å². The Labute approximate surface area is 167 Å². The largest absolute Gasteiger partial charge is 0.385 e. The van der Waals surface area contributed by atoms with E-state index in [2.05, 4.69) is 69.2 Å². The van der Waals surface area contributed by atoms with E-state index in [1.54, 1.807) is 12.7 Å². The average Bonchev–Trinajstić information content (AvgIpc) is 3.28. The normalized spacial score (nSPS) is 14.7. The zero-order valence-corrected chi connectivity index (χ0v) is 16.3. The maximum Gasteiger partial charge on any atom is 0.137 e. The van der Waals surface area contributed by atoms with Gasteiger partial charge in [0.15, 0.2) is 0 Å². The summed E-state index contributed by atoms with van der Waals surface area (Å²) in [6, 6.07) is 17.2. The highest BCUT2D eigenvalue weighted by Gasteiger charge is 2.13. The van der Waals surface area contributed by atoms with Crippen molar-refractivity contribution in [1.82, 2.24) is 14.8 Å². The van der Waals surface area contributed by atoms with E-state index in [1.807, 2.05) is 4.68 Å². The molecule has 0 spiro atoms. The van der Waals surface area contributed by atoms with Gasteiger partial charge in [-0.25, -0.2) is 4.98 Å². The zero-order chi connectivity index (χ0) is 19.0. The van der Waals surface area contributed by atoms with Crippen molar-refractivity contribution in [2.75, 3.05) is 23.7 Å². The topological polar surface area (TPSA) is 54.8 Å². The first-order valence-corrected chi connectivity index (χ1v) is 10.4. The van der Waals surface area contributed by atoms with E-state index in [-0.39, 0.29) is 0 Å². The molecule has 1 saturated carbocycles. The monoisotopic (exact) mass is 375 g/mol. The molecule has 1 fully saturated rings. The Kier molecular flexibility index (Phi) is 6.22. The summed E-state index contributed by atoms with van der Waals surface area (Å²) < 4.78 is 1.84. The van der Waals surface area contributed by atoms with Crippen molar-refractivity contribution in [3.05, 3.63) is 61.2 Å². The molecule has 146 valence electrons. The van der Waals surface area contributed by atoms with Crippen LogP contribution in [0.2, 0.25) is 0 Å². The van der Waals surface area contributed by atoms with Crippen LogP contribution in [0, 0.1) is 5.92 Å². The molecule has 0 amide bonds. The van der Waals surface area contributed by atoms with Crippen LogP contribution in [0.15, 0.2) is 61.2 Å². The van der Waals surface area contributed by atoms with E-state index in [4.69, 9.17) is 0 Å². The molecule has 3 aromatic rings. The first kappa shape index (κ1) is 18.5. The molecule has 28 heavy (non-hydrogen) atoms. The summed E-state index contributed by atoms with van der Waals surface area (Å²) in [7, 11) is 0. The predicted octanol–water partition coefficient (Wildman–Crippen LogP) is 5.05. The van der Waals surface area contributed by atoms with Crippen LogP contribution in [0.4, 0.5) is 11.4 Å². The van der Waals surface area contributed by atoms with Gasteiger partial charge in [0, 0.05) is 30.0 Å². The number of nitrogens with one attached hydrogen (secondary N) is 2. The van der Waals surface area contributed by atoms with Crippen LogP contribution < -0.4 is 10.6 Å². The average molecular weight is 376 g/mol. The quantitative estimate of drug-likeness (QED) is 0.578. The lowest BCUT2D eigenvalue weighted by atomic mass is 9.89. The molecule has 0 aliphatic heterocycles. The third-order valence-corrected chi connectivity index (χ3v) is 5.55. The lowest BCUT2D eigenvalue weighted by Gasteiger charge is -2.23. The van der Waals surface area contributed by atoms with Crippen molar-refractivity contribution < 1.29 is 0 Å². The fourth-order valence-corrected chi connectivity index (χ4v) is 3.97. The van der Waals surface area contributed by atoms with Gasteiger partial charge < -0.3 is 10.6 Å². The van der Waals surface area contributed by atoms with Gasteiger partial charge in [0.05, 0.1) is 6.54 Å². The Morgan fingerprint density at radius 2 is 1.82 bits per heavy atom. The highest BCUT2D eigenvalue weighted by atomic mass is 15.3. The number of hydrogen-bond acceptors (Lipinski definition) is 4. The molecule has 2 aromatic carbocycles. The summed E-state index contributed by atoms with van der Waals surface area (Å²) in [5.41, 5.74) is 4.81. The van der Waals surface area contributed by atoms with E-state index in [0.29, 0.717) is 0 Å². The van der Waals surface area contributed by atoms with Gasteiger partial charge in [-0.1, -0.05) is 49.6 Å². The number of nitrogens with zero attached hydrogens (tertiary/aromatic N) is 3. The maximum absolute atomic E-state index is 4.17. The van der Waals surface area contributed by atoms with Gasteiger partial charge in [0.1, 0.15) is 12.7 Å². The minimum atomic E-state index is 0.788. The second-order valence-corrected chi connectivity index (χ2v) is 7.60. The Hall–Kier alpha value is -2.82. The molecule has 5 heteroatoms. The van der Waals surface area contributed by atoms with E-state index < -0.39 is 0 Å². The first-order valence-electron chi connectivity index (χ1n) is 10.4. The highest BCUT2D eigenvalue weighted by molar-refractivity contribution is 5.81. The third kappa shape index (κ3) is 4.91. The van der Waals surface area contributed by atoms with Gasteiger partial charge in [0.25, 0.3) is 0 Å². The van der Waals surface area contributed by atoms with Crippen molar-refractivity contribution >= 4 is 11.4 Å². The molecule has 0 atom stereocenters. The molecule has 0 bridgehead atoms. The second kappa shape index (κ2) is 9.40. The second-order valence-electron chi connectivity index (χ2n) is 7.60. The molecule has 0 saturated heterocycles. The molecule has 2 N–H and O–H groups in total. The van der Waals surface area contributed by atoms with Gasteiger partial charge >= 0.3 is 0 Å². The fourth-order valence-electron chi connectivity index (χ4n) is 3.97. The van der Waals surface area contributed by atoms with Crippen LogP contribution >= 0.6 is 0 Å². The van der Waals surface area contributed by atoms with Crippen molar-refractivity contribution in [3.8, 4) is 11.1 Å². The van der Waals surface area contributed by atoms with Gasteiger partial charge in [-0.15, -0.1) is 0 Å². The number of anilines is 2. The lowest BCUT2D eigenvalue weighted by molar-refractivity contribution is 0.373. The smallest absolute Gasteiger partial charge is 0.137 e. The number of aromatic nitrogens is 3. The van der Waals surface area contributed by atoms with Crippen LogP contribution in [0.3, 0.4) is 0 Å². The van der Waals surface area contributed by atoms with Crippen molar-refractivity contribution in [2.24, 2.45) is 5.92 Å². The minimum Gasteiger partial charge on any atom is -0.385 e. The van der Waals surface area contributed by atoms with Gasteiger partial charge in [-0.2, -0.15) is 5.10 Å². The molecule has 5 nitrogen and oxygen atoms in total. The zero-order valence-electron chi connectivity index (χ0n) is 16.3. The van der Waals surface area contributed by atoms with Crippen LogP contribution in [-0.2, 0) is 6.54 Å². The predicted molar refractivity (Wildman–Crippen MR) is 115 cm³/mol. The Bertz CT molecular complexity index is 839. The van der Waals surface area contributed by atoms with Gasteiger partial charge in [-0.3, -0.25) is 4.68 Å². The first-order chi connectivity index (χ1) is 13.9. The summed E-state index contributed by atoms with van der Waals surface area (Å²) in [6.07, 6.45) is 10.2. The number of hydrogen-bond donors (Lipinski definition) is 2. The van der Waals surface area contributed by atoms with Gasteiger partial charge in [-0.05, 0) is 42.5 Å². The molecule has 1 aromatic heterocycles. The molecular weight excluding hydrogens is 346 g/mol. The van der Waals surface area contributed by atoms with Crippen LogP contribution in [0.5, 0.6) is 0 Å². The summed E-state index contributed by atoms with van der Waals surface area (Å²) in [5, 5.41) is 11.4. The number of benzene rings is 2. The minimum absolute atomic E-state index is 0.788. The van der Waals surface area contributed by atoms with E-state index in [9.17, 15) is 0 Å². The van der Waals surface area contributed by atoms with Crippen LogP contribution in [0.25, 0.3) is 11.1 Å². The summed E-state index contributed by atoms with van der Waals surface area (Å²) in [5.74, 6) is 0.814. The van der Waals surface area contributed by atoms with Gasteiger partial charge in [0.2, 0.25) is 0 Å². The molecule has 0 unspecified atom stereocenters. The summed E-state index contributed by atoms with van der Waals surface area (Å²) >= 11 is 0. The molecule has 0 radical (unpaired) electrons. The van der Waals surface area contributed by atoms with E-state index in [0.717, 1.165) is 31.2 Å². The highest BCUT2D eigenvalue weighted by Crippen LogP contribution is 2.31. The van der Waals surface area contributed by atoms with E-state index >= 15 is 0 Å². The summed E-state index contributed by atoms with van der Waals surface area (Å²) in [6.45, 7) is 2.67. The molecular formula is C23H29N5. The van der Waals surface area contributed by atoms with E-state index in [1.165, 1.54) is 48.9 Å².